The second-order valence-electron chi connectivity index (χ2n) is 4.67. The van der Waals surface area contributed by atoms with Crippen LogP contribution in [0.15, 0.2) is 42.7 Å². The molecule has 1 atom stereocenters. The van der Waals surface area contributed by atoms with Crippen LogP contribution in [0, 0.1) is 5.82 Å². The van der Waals surface area contributed by atoms with E-state index in [1.807, 2.05) is 18.2 Å². The minimum Gasteiger partial charge on any atom is -0.322 e. The number of benzene rings is 1. The standard InChI is InChI=1S/C15H12ClFN2OS/c16-12-3-1-2-10(6-12)15-19(4-5-21-15)14(20)11-7-13(17)9-18-8-11/h1-3,6-9,15H,4-5H2. The molecule has 0 radical (unpaired) electrons. The predicted molar refractivity (Wildman–Crippen MR) is 81.9 cm³/mol. The van der Waals surface area contributed by atoms with E-state index >= 15 is 0 Å². The number of halogens is 2. The third kappa shape index (κ3) is 3.04. The first-order valence-electron chi connectivity index (χ1n) is 6.44. The molecule has 1 aliphatic heterocycles. The van der Waals surface area contributed by atoms with Gasteiger partial charge in [-0.05, 0) is 23.8 Å². The number of aromatic nitrogens is 1. The van der Waals surface area contributed by atoms with E-state index in [1.165, 1.54) is 12.3 Å². The van der Waals surface area contributed by atoms with E-state index in [0.717, 1.165) is 17.5 Å². The van der Waals surface area contributed by atoms with E-state index < -0.39 is 5.82 Å². The molecular weight excluding hydrogens is 311 g/mol. The molecule has 0 saturated carbocycles. The molecule has 3 rings (SSSR count). The van der Waals surface area contributed by atoms with E-state index in [-0.39, 0.29) is 16.8 Å². The topological polar surface area (TPSA) is 33.2 Å². The van der Waals surface area contributed by atoms with Crippen molar-refractivity contribution in [2.24, 2.45) is 0 Å². The summed E-state index contributed by atoms with van der Waals surface area (Å²) in [7, 11) is 0. The number of carbonyl (C=O) groups excluding carboxylic acids is 1. The van der Waals surface area contributed by atoms with Crippen LogP contribution in [-0.4, -0.2) is 28.1 Å². The number of hydrogen-bond acceptors (Lipinski definition) is 3. The molecule has 0 aliphatic carbocycles. The lowest BCUT2D eigenvalue weighted by Gasteiger charge is -2.24. The van der Waals surface area contributed by atoms with Crippen molar-refractivity contribution in [3.05, 3.63) is 64.7 Å². The Balaban J connectivity index is 1.89. The number of pyridine rings is 1. The second-order valence-corrected chi connectivity index (χ2v) is 6.29. The number of carbonyl (C=O) groups is 1. The van der Waals surface area contributed by atoms with E-state index in [4.69, 9.17) is 11.6 Å². The maximum absolute atomic E-state index is 13.2. The van der Waals surface area contributed by atoms with Gasteiger partial charge in [-0.25, -0.2) is 4.39 Å². The van der Waals surface area contributed by atoms with E-state index in [0.29, 0.717) is 11.6 Å². The largest absolute Gasteiger partial charge is 0.322 e. The van der Waals surface area contributed by atoms with Gasteiger partial charge in [-0.1, -0.05) is 23.7 Å². The highest BCUT2D eigenvalue weighted by molar-refractivity contribution is 7.99. The molecule has 0 bridgehead atoms. The van der Waals surface area contributed by atoms with Gasteiger partial charge in [0.2, 0.25) is 0 Å². The number of rotatable bonds is 2. The van der Waals surface area contributed by atoms with Gasteiger partial charge in [0.05, 0.1) is 11.8 Å². The molecule has 0 spiro atoms. The van der Waals surface area contributed by atoms with Gasteiger partial charge in [-0.3, -0.25) is 9.78 Å². The molecular formula is C15H12ClFN2OS. The highest BCUT2D eigenvalue weighted by Crippen LogP contribution is 2.39. The van der Waals surface area contributed by atoms with Crippen molar-refractivity contribution in [3.8, 4) is 0 Å². The van der Waals surface area contributed by atoms with Crippen LogP contribution >= 0.6 is 23.4 Å². The molecule has 1 saturated heterocycles. The van der Waals surface area contributed by atoms with Crippen LogP contribution in [0.25, 0.3) is 0 Å². The van der Waals surface area contributed by atoms with Gasteiger partial charge in [0.25, 0.3) is 5.91 Å². The van der Waals surface area contributed by atoms with Crippen molar-refractivity contribution in [1.29, 1.82) is 0 Å². The van der Waals surface area contributed by atoms with Crippen LogP contribution in [0.2, 0.25) is 5.02 Å². The maximum Gasteiger partial charge on any atom is 0.256 e. The summed E-state index contributed by atoms with van der Waals surface area (Å²) < 4.78 is 13.2. The number of thioether (sulfide) groups is 1. The zero-order valence-corrected chi connectivity index (χ0v) is 12.6. The number of hydrogen-bond donors (Lipinski definition) is 0. The Bertz CT molecular complexity index is 682. The Hall–Kier alpha value is -1.59. The molecule has 1 aromatic carbocycles. The third-order valence-electron chi connectivity index (χ3n) is 3.24. The molecule has 1 aliphatic rings. The molecule has 21 heavy (non-hydrogen) atoms. The summed E-state index contributed by atoms with van der Waals surface area (Å²) in [4.78, 5) is 18.0. The maximum atomic E-state index is 13.2. The first-order chi connectivity index (χ1) is 10.1. The summed E-state index contributed by atoms with van der Waals surface area (Å²) in [5.41, 5.74) is 1.24. The summed E-state index contributed by atoms with van der Waals surface area (Å²) in [6, 6.07) is 8.68. The monoisotopic (exact) mass is 322 g/mol. The van der Waals surface area contributed by atoms with Crippen molar-refractivity contribution in [2.75, 3.05) is 12.3 Å². The average Bonchev–Trinajstić information content (AvgIpc) is 2.96. The van der Waals surface area contributed by atoms with E-state index in [1.54, 1.807) is 22.7 Å². The fourth-order valence-electron chi connectivity index (χ4n) is 2.31. The predicted octanol–water partition coefficient (Wildman–Crippen LogP) is 3.76. The van der Waals surface area contributed by atoms with Gasteiger partial charge in [-0.15, -0.1) is 11.8 Å². The van der Waals surface area contributed by atoms with Crippen molar-refractivity contribution in [1.82, 2.24) is 9.88 Å². The van der Waals surface area contributed by atoms with Gasteiger partial charge in [0.15, 0.2) is 0 Å². The van der Waals surface area contributed by atoms with Crippen molar-refractivity contribution in [3.63, 3.8) is 0 Å². The molecule has 1 unspecified atom stereocenters. The lowest BCUT2D eigenvalue weighted by Crippen LogP contribution is -2.30. The summed E-state index contributed by atoms with van der Waals surface area (Å²) >= 11 is 7.69. The Morgan fingerprint density at radius 2 is 2.24 bits per heavy atom. The average molecular weight is 323 g/mol. The fourth-order valence-corrected chi connectivity index (χ4v) is 3.75. The Morgan fingerprint density at radius 3 is 3.00 bits per heavy atom. The lowest BCUT2D eigenvalue weighted by molar-refractivity contribution is 0.0759. The van der Waals surface area contributed by atoms with Crippen molar-refractivity contribution < 1.29 is 9.18 Å². The van der Waals surface area contributed by atoms with Gasteiger partial charge in [-0.2, -0.15) is 0 Å². The Labute approximate surface area is 131 Å². The molecule has 2 heterocycles. The number of amides is 1. The van der Waals surface area contributed by atoms with Crippen LogP contribution in [0.4, 0.5) is 4.39 Å². The highest BCUT2D eigenvalue weighted by Gasteiger charge is 2.31. The quantitative estimate of drug-likeness (QED) is 0.844. The van der Waals surface area contributed by atoms with Crippen molar-refractivity contribution in [2.45, 2.75) is 5.37 Å². The normalized spacial score (nSPS) is 18.0. The Kier molecular flexibility index (Phi) is 4.12. The van der Waals surface area contributed by atoms with Crippen molar-refractivity contribution >= 4 is 29.3 Å². The van der Waals surface area contributed by atoms with Crippen LogP contribution in [0.3, 0.4) is 0 Å². The summed E-state index contributed by atoms with van der Waals surface area (Å²) in [6.07, 6.45) is 2.48. The SMILES string of the molecule is O=C(c1cncc(F)c1)N1CCSC1c1cccc(Cl)c1. The summed E-state index contributed by atoms with van der Waals surface area (Å²) in [5, 5.41) is 0.541. The first kappa shape index (κ1) is 14.4. The second kappa shape index (κ2) is 6.03. The minimum absolute atomic E-state index is 0.0977. The minimum atomic E-state index is -0.507. The van der Waals surface area contributed by atoms with Crippen LogP contribution < -0.4 is 0 Å². The van der Waals surface area contributed by atoms with Crippen LogP contribution in [0.5, 0.6) is 0 Å². The van der Waals surface area contributed by atoms with Gasteiger partial charge in [0, 0.05) is 23.5 Å². The molecule has 108 valence electrons. The van der Waals surface area contributed by atoms with Gasteiger partial charge < -0.3 is 4.90 Å². The van der Waals surface area contributed by atoms with Gasteiger partial charge in [0.1, 0.15) is 11.2 Å². The Morgan fingerprint density at radius 1 is 1.38 bits per heavy atom. The first-order valence-corrected chi connectivity index (χ1v) is 7.86. The zero-order chi connectivity index (χ0) is 14.8. The lowest BCUT2D eigenvalue weighted by atomic mass is 10.2. The zero-order valence-electron chi connectivity index (χ0n) is 11.0. The van der Waals surface area contributed by atoms with E-state index in [2.05, 4.69) is 4.98 Å². The molecule has 3 nitrogen and oxygen atoms in total. The third-order valence-corrected chi connectivity index (χ3v) is 4.73. The smallest absolute Gasteiger partial charge is 0.256 e. The summed E-state index contributed by atoms with van der Waals surface area (Å²) in [6.45, 7) is 0.622. The number of nitrogens with zero attached hydrogens (tertiary/aromatic N) is 2. The molecule has 1 amide bonds. The molecule has 6 heteroatoms. The van der Waals surface area contributed by atoms with E-state index in [9.17, 15) is 9.18 Å². The fraction of sp³-hybridized carbons (Fsp3) is 0.200. The highest BCUT2D eigenvalue weighted by atomic mass is 35.5. The molecule has 2 aromatic rings. The van der Waals surface area contributed by atoms with Crippen LogP contribution in [-0.2, 0) is 0 Å². The van der Waals surface area contributed by atoms with Gasteiger partial charge >= 0.3 is 0 Å². The molecule has 1 fully saturated rings. The van der Waals surface area contributed by atoms with Crippen LogP contribution in [0.1, 0.15) is 21.3 Å². The molecule has 1 aromatic heterocycles. The summed E-state index contributed by atoms with van der Waals surface area (Å²) in [5.74, 6) is 0.120. The molecule has 0 N–H and O–H groups in total.